The van der Waals surface area contributed by atoms with Crippen molar-refractivity contribution in [1.82, 2.24) is 19.4 Å². The molecule has 1 atom stereocenters. The van der Waals surface area contributed by atoms with Gasteiger partial charge in [0, 0.05) is 31.7 Å². The van der Waals surface area contributed by atoms with E-state index in [1.54, 1.807) is 11.1 Å². The van der Waals surface area contributed by atoms with Crippen LogP contribution >= 0.6 is 0 Å². The highest BCUT2D eigenvalue weighted by molar-refractivity contribution is 5.92. The number of rotatable bonds is 2. The van der Waals surface area contributed by atoms with E-state index >= 15 is 0 Å². The number of aryl methyl sites for hydroxylation is 2. The Morgan fingerprint density at radius 3 is 3.00 bits per heavy atom. The van der Waals surface area contributed by atoms with Gasteiger partial charge in [-0.2, -0.15) is 0 Å². The molecule has 0 aliphatic carbocycles. The fourth-order valence-corrected chi connectivity index (χ4v) is 2.46. The molecular weight excluding hydrogens is 268 g/mol. The zero-order valence-corrected chi connectivity index (χ0v) is 12.2. The van der Waals surface area contributed by atoms with E-state index in [1.165, 1.54) is 0 Å². The highest BCUT2D eigenvalue weighted by Gasteiger charge is 2.28. The van der Waals surface area contributed by atoms with Crippen molar-refractivity contribution in [3.8, 4) is 0 Å². The molecule has 0 saturated carbocycles. The number of hydrogen-bond acceptors (Lipinski definition) is 4. The van der Waals surface area contributed by atoms with Gasteiger partial charge in [-0.1, -0.05) is 0 Å². The third-order valence-electron chi connectivity index (χ3n) is 3.62. The van der Waals surface area contributed by atoms with Gasteiger partial charge in [-0.15, -0.1) is 0 Å². The molecule has 0 radical (unpaired) electrons. The van der Waals surface area contributed by atoms with E-state index in [-0.39, 0.29) is 12.0 Å². The number of amides is 1. The van der Waals surface area contributed by atoms with Crippen LogP contribution in [0.15, 0.2) is 30.6 Å². The average Bonchev–Trinajstić information content (AvgIpc) is 2.93. The van der Waals surface area contributed by atoms with Gasteiger partial charge in [-0.3, -0.25) is 4.79 Å². The monoisotopic (exact) mass is 286 g/mol. The molecule has 1 saturated heterocycles. The fraction of sp³-hybridized carbons (Fsp3) is 0.400. The summed E-state index contributed by atoms with van der Waals surface area (Å²) < 4.78 is 7.55. The average molecular weight is 286 g/mol. The van der Waals surface area contributed by atoms with Crippen molar-refractivity contribution in [3.63, 3.8) is 0 Å². The van der Waals surface area contributed by atoms with Gasteiger partial charge in [-0.25, -0.2) is 9.97 Å². The van der Waals surface area contributed by atoms with Crippen LogP contribution in [0.3, 0.4) is 0 Å². The number of nitrogens with zero attached hydrogens (tertiary/aromatic N) is 4. The molecule has 0 N–H and O–H groups in total. The summed E-state index contributed by atoms with van der Waals surface area (Å²) in [6.07, 6.45) is 3.33. The molecule has 0 aromatic carbocycles. The summed E-state index contributed by atoms with van der Waals surface area (Å²) in [5.74, 6) is 0.655. The first-order chi connectivity index (χ1) is 10.1. The van der Waals surface area contributed by atoms with Crippen LogP contribution in [0.4, 0.5) is 0 Å². The number of carbonyl (C=O) groups is 1. The molecular formula is C15H18N4O2. The molecule has 21 heavy (non-hydrogen) atoms. The second kappa shape index (κ2) is 5.65. The number of ether oxygens (including phenoxy) is 1. The summed E-state index contributed by atoms with van der Waals surface area (Å²) in [5.41, 5.74) is 1.58. The molecule has 3 heterocycles. The quantitative estimate of drug-likeness (QED) is 0.836. The molecule has 0 bridgehead atoms. The molecule has 6 heteroatoms. The van der Waals surface area contributed by atoms with Crippen molar-refractivity contribution in [2.24, 2.45) is 7.05 Å². The molecule has 2 aromatic heterocycles. The zero-order valence-electron chi connectivity index (χ0n) is 12.2. The normalized spacial score (nSPS) is 18.8. The number of hydrogen-bond donors (Lipinski definition) is 0. The third-order valence-corrected chi connectivity index (χ3v) is 3.62. The van der Waals surface area contributed by atoms with Crippen molar-refractivity contribution in [1.29, 1.82) is 0 Å². The van der Waals surface area contributed by atoms with Crippen LogP contribution in [0, 0.1) is 6.92 Å². The summed E-state index contributed by atoms with van der Waals surface area (Å²) in [4.78, 5) is 23.0. The van der Waals surface area contributed by atoms with Gasteiger partial charge >= 0.3 is 0 Å². The maximum atomic E-state index is 12.5. The van der Waals surface area contributed by atoms with Crippen LogP contribution in [-0.2, 0) is 11.8 Å². The maximum Gasteiger partial charge on any atom is 0.270 e. The summed E-state index contributed by atoms with van der Waals surface area (Å²) in [5, 5.41) is 0. The minimum Gasteiger partial charge on any atom is -0.367 e. The number of aromatic nitrogens is 3. The zero-order chi connectivity index (χ0) is 14.8. The van der Waals surface area contributed by atoms with Crippen LogP contribution in [0.25, 0.3) is 0 Å². The molecule has 2 aromatic rings. The summed E-state index contributed by atoms with van der Waals surface area (Å²) in [6, 6.07) is 5.55. The first-order valence-corrected chi connectivity index (χ1v) is 6.97. The molecule has 1 unspecified atom stereocenters. The lowest BCUT2D eigenvalue weighted by Gasteiger charge is -2.32. The minimum absolute atomic E-state index is 0.0171. The standard InChI is InChI=1S/C15H18N4O2/c1-11-5-6-16-14(17-11)13-10-19(8-9-21-13)15(20)12-4-3-7-18(12)2/h3-7,13H,8-10H2,1-2H3. The molecule has 3 rings (SSSR count). The highest BCUT2D eigenvalue weighted by Crippen LogP contribution is 2.20. The van der Waals surface area contributed by atoms with Crippen molar-refractivity contribution in [2.45, 2.75) is 13.0 Å². The molecule has 110 valence electrons. The Hall–Kier alpha value is -2.21. The Labute approximate surface area is 123 Å². The largest absolute Gasteiger partial charge is 0.367 e. The van der Waals surface area contributed by atoms with E-state index in [0.29, 0.717) is 31.2 Å². The smallest absolute Gasteiger partial charge is 0.270 e. The highest BCUT2D eigenvalue weighted by atomic mass is 16.5. The Morgan fingerprint density at radius 1 is 1.43 bits per heavy atom. The Balaban J connectivity index is 1.77. The Morgan fingerprint density at radius 2 is 2.29 bits per heavy atom. The van der Waals surface area contributed by atoms with Crippen LogP contribution in [0.5, 0.6) is 0 Å². The summed E-state index contributed by atoms with van der Waals surface area (Å²) in [6.45, 7) is 3.48. The van der Waals surface area contributed by atoms with E-state index in [0.717, 1.165) is 5.69 Å². The van der Waals surface area contributed by atoms with E-state index < -0.39 is 0 Å². The van der Waals surface area contributed by atoms with E-state index in [9.17, 15) is 4.79 Å². The van der Waals surface area contributed by atoms with Gasteiger partial charge in [0.05, 0.1) is 13.2 Å². The molecule has 1 fully saturated rings. The van der Waals surface area contributed by atoms with Gasteiger partial charge in [0.2, 0.25) is 0 Å². The van der Waals surface area contributed by atoms with Crippen LogP contribution < -0.4 is 0 Å². The predicted molar refractivity (Wildman–Crippen MR) is 76.8 cm³/mol. The second-order valence-electron chi connectivity index (χ2n) is 5.17. The van der Waals surface area contributed by atoms with Crippen molar-refractivity contribution in [3.05, 3.63) is 47.8 Å². The molecule has 6 nitrogen and oxygen atoms in total. The van der Waals surface area contributed by atoms with E-state index in [1.807, 2.05) is 42.9 Å². The summed E-state index contributed by atoms with van der Waals surface area (Å²) in [7, 11) is 1.87. The SMILES string of the molecule is Cc1ccnc(C2CN(C(=O)c3cccn3C)CCO2)n1. The minimum atomic E-state index is -0.261. The lowest BCUT2D eigenvalue weighted by Crippen LogP contribution is -2.43. The number of carbonyl (C=O) groups excluding carboxylic acids is 1. The topological polar surface area (TPSA) is 60.2 Å². The molecule has 1 amide bonds. The molecule has 0 spiro atoms. The first kappa shape index (κ1) is 13.8. The van der Waals surface area contributed by atoms with Crippen LogP contribution in [-0.4, -0.2) is 45.0 Å². The molecule has 1 aliphatic rings. The van der Waals surface area contributed by atoms with Crippen LogP contribution in [0.1, 0.15) is 28.1 Å². The van der Waals surface area contributed by atoms with Gasteiger partial charge in [0.1, 0.15) is 11.8 Å². The van der Waals surface area contributed by atoms with Gasteiger partial charge in [0.25, 0.3) is 5.91 Å². The van der Waals surface area contributed by atoms with Gasteiger partial charge in [-0.05, 0) is 25.1 Å². The fourth-order valence-electron chi connectivity index (χ4n) is 2.46. The van der Waals surface area contributed by atoms with Crippen molar-refractivity contribution >= 4 is 5.91 Å². The summed E-state index contributed by atoms with van der Waals surface area (Å²) >= 11 is 0. The first-order valence-electron chi connectivity index (χ1n) is 6.97. The number of morpholine rings is 1. The maximum absolute atomic E-state index is 12.5. The van der Waals surface area contributed by atoms with Gasteiger partial charge < -0.3 is 14.2 Å². The Kier molecular flexibility index (Phi) is 3.70. The van der Waals surface area contributed by atoms with Gasteiger partial charge in [0.15, 0.2) is 5.82 Å². The third kappa shape index (κ3) is 2.80. The predicted octanol–water partition coefficient (Wildman–Crippen LogP) is 1.34. The molecule has 1 aliphatic heterocycles. The van der Waals surface area contributed by atoms with E-state index in [2.05, 4.69) is 9.97 Å². The Bertz CT molecular complexity index is 653. The second-order valence-corrected chi connectivity index (χ2v) is 5.17. The van der Waals surface area contributed by atoms with E-state index in [4.69, 9.17) is 4.74 Å². The van der Waals surface area contributed by atoms with Crippen LogP contribution in [0.2, 0.25) is 0 Å². The van der Waals surface area contributed by atoms with Crippen molar-refractivity contribution < 1.29 is 9.53 Å². The lowest BCUT2D eigenvalue weighted by atomic mass is 10.2. The lowest BCUT2D eigenvalue weighted by molar-refractivity contribution is -0.0271. The van der Waals surface area contributed by atoms with Crippen molar-refractivity contribution in [2.75, 3.05) is 19.7 Å².